The van der Waals surface area contributed by atoms with Gasteiger partial charge in [0, 0.05) is 54.8 Å². The number of fused-ring (bicyclic) bond motifs is 1. The molecule has 202 valence electrons. The van der Waals surface area contributed by atoms with Crippen LogP contribution in [0.1, 0.15) is 66.2 Å². The minimum absolute atomic E-state index is 0.0395. The van der Waals surface area contributed by atoms with E-state index in [0.29, 0.717) is 30.6 Å². The number of nitrogens with one attached hydrogen (secondary N) is 2. The second kappa shape index (κ2) is 9.06. The molecule has 6 rings (SSSR count). The summed E-state index contributed by atoms with van der Waals surface area (Å²) in [6.07, 6.45) is 0.796. The Kier molecular flexibility index (Phi) is 5.92. The Bertz CT molecular complexity index is 1350. The van der Waals surface area contributed by atoms with E-state index in [1.807, 2.05) is 0 Å². The van der Waals surface area contributed by atoms with Crippen LogP contribution in [0.25, 0.3) is 0 Å². The Morgan fingerprint density at radius 2 is 1.79 bits per heavy atom. The summed E-state index contributed by atoms with van der Waals surface area (Å²) < 4.78 is 42.7. The smallest absolute Gasteiger partial charge is 0.407 e. The van der Waals surface area contributed by atoms with Crippen molar-refractivity contribution in [2.45, 2.75) is 50.7 Å². The molecule has 1 unspecified atom stereocenters. The summed E-state index contributed by atoms with van der Waals surface area (Å²) in [5.41, 5.74) is -0.458. The lowest BCUT2D eigenvalue weighted by molar-refractivity contribution is 0.0939. The van der Waals surface area contributed by atoms with E-state index in [0.717, 1.165) is 25.3 Å². The molecular weight excluding hydrogens is 501 g/mol. The first kappa shape index (κ1) is 24.8. The molecule has 38 heavy (non-hydrogen) atoms. The van der Waals surface area contributed by atoms with Gasteiger partial charge in [0.05, 0.1) is 22.9 Å². The number of alkyl halides is 2. The van der Waals surface area contributed by atoms with Crippen LogP contribution in [0.15, 0.2) is 35.3 Å². The number of carbonyl (C=O) groups excluding carboxylic acids is 1. The maximum Gasteiger partial charge on any atom is 0.407 e. The number of hydrogen-bond acceptors (Lipinski definition) is 4. The number of aromatic nitrogens is 1. The van der Waals surface area contributed by atoms with Crippen LogP contribution >= 0.6 is 0 Å². The predicted molar refractivity (Wildman–Crippen MR) is 132 cm³/mol. The Hall–Kier alpha value is -3.50. The number of anilines is 1. The molecule has 1 aromatic heterocycles. The van der Waals surface area contributed by atoms with Crippen molar-refractivity contribution >= 4 is 17.7 Å². The van der Waals surface area contributed by atoms with Gasteiger partial charge in [-0.1, -0.05) is 18.2 Å². The number of carbonyl (C=O) groups is 2. The van der Waals surface area contributed by atoms with Crippen LogP contribution in [0.5, 0.6) is 0 Å². The largest absolute Gasteiger partial charge is 0.465 e. The van der Waals surface area contributed by atoms with E-state index in [1.165, 1.54) is 30.0 Å². The molecule has 1 aromatic carbocycles. The lowest BCUT2D eigenvalue weighted by atomic mass is 10.0. The number of amides is 2. The summed E-state index contributed by atoms with van der Waals surface area (Å²) in [5, 5.41) is 15.2. The molecule has 0 bridgehead atoms. The number of rotatable bonds is 8. The molecule has 0 spiro atoms. The van der Waals surface area contributed by atoms with Crippen LogP contribution in [0, 0.1) is 29.5 Å². The zero-order valence-corrected chi connectivity index (χ0v) is 20.7. The molecule has 3 N–H and O–H groups in total. The molecule has 2 aromatic rings. The number of carboxylic acid groups (broad SMARTS) is 1. The number of halogens is 3. The normalized spacial score (nSPS) is 28.1. The SMILES string of the molecule is C[C@@H](NC(=O)c1cn([C@@H]2C[C@H]2C2CC2)c(=O)cc1NC1[C@H]2CN(C(=O)O)C[C@@H]12)c1cccc(C(F)F)c1F. The highest BCUT2D eigenvalue weighted by molar-refractivity contribution is 5.99. The van der Waals surface area contributed by atoms with Crippen molar-refractivity contribution in [3.8, 4) is 0 Å². The van der Waals surface area contributed by atoms with Crippen LogP contribution in [-0.4, -0.2) is 45.7 Å². The van der Waals surface area contributed by atoms with Gasteiger partial charge in [-0.05, 0) is 38.0 Å². The highest BCUT2D eigenvalue weighted by Gasteiger charge is 2.57. The standard InChI is InChI=1S/C27H29F3N4O4/c1-12(14-3-2-4-15(23(14)28)25(29)30)31-26(36)19-11-34(21-7-16(21)13-5-6-13)22(35)8-20(19)32-24-17-9-33(27(37)38)10-18(17)24/h2-4,8,11-13,16-18,21,24-25,32H,5-7,9-10H2,1H3,(H,31,36)(H,37,38)/t12-,16+,17-,18+,21-,24?/m1/s1. The average molecular weight is 531 g/mol. The van der Waals surface area contributed by atoms with Gasteiger partial charge in [-0.15, -0.1) is 0 Å². The summed E-state index contributed by atoms with van der Waals surface area (Å²) in [6.45, 7) is 2.29. The zero-order valence-electron chi connectivity index (χ0n) is 20.7. The highest BCUT2D eigenvalue weighted by Crippen LogP contribution is 2.56. The van der Waals surface area contributed by atoms with E-state index in [1.54, 1.807) is 10.8 Å². The van der Waals surface area contributed by atoms with Crippen LogP contribution in [0.4, 0.5) is 23.7 Å². The molecular formula is C27H29F3N4O4. The summed E-state index contributed by atoms with van der Waals surface area (Å²) in [4.78, 5) is 39.1. The molecule has 11 heteroatoms. The number of nitrogens with zero attached hydrogens (tertiary/aromatic N) is 2. The minimum Gasteiger partial charge on any atom is -0.465 e. The fourth-order valence-corrected chi connectivity index (χ4v) is 6.16. The second-order valence-electron chi connectivity index (χ2n) is 11.1. The maximum absolute atomic E-state index is 14.7. The lowest BCUT2D eigenvalue weighted by Crippen LogP contribution is -2.34. The quantitative estimate of drug-likeness (QED) is 0.469. The van der Waals surface area contributed by atoms with Crippen LogP contribution < -0.4 is 16.2 Å². The van der Waals surface area contributed by atoms with E-state index < -0.39 is 35.8 Å². The van der Waals surface area contributed by atoms with Crippen LogP contribution in [0.2, 0.25) is 0 Å². The van der Waals surface area contributed by atoms with Crippen molar-refractivity contribution in [3.63, 3.8) is 0 Å². The Morgan fingerprint density at radius 1 is 1.11 bits per heavy atom. The molecule has 2 heterocycles. The van der Waals surface area contributed by atoms with E-state index in [4.69, 9.17) is 0 Å². The number of hydrogen-bond donors (Lipinski definition) is 3. The van der Waals surface area contributed by atoms with Gasteiger partial charge >= 0.3 is 6.09 Å². The van der Waals surface area contributed by atoms with Crippen LogP contribution in [-0.2, 0) is 0 Å². The van der Waals surface area contributed by atoms with Gasteiger partial charge in [0.25, 0.3) is 17.9 Å². The third-order valence-corrected chi connectivity index (χ3v) is 8.61. The van der Waals surface area contributed by atoms with Crippen molar-refractivity contribution in [1.82, 2.24) is 14.8 Å². The summed E-state index contributed by atoms with van der Waals surface area (Å²) in [7, 11) is 0. The molecule has 8 nitrogen and oxygen atoms in total. The van der Waals surface area contributed by atoms with E-state index in [2.05, 4.69) is 10.6 Å². The fourth-order valence-electron chi connectivity index (χ4n) is 6.16. The third-order valence-electron chi connectivity index (χ3n) is 8.61. The first-order valence-electron chi connectivity index (χ1n) is 13.0. The molecule has 0 radical (unpaired) electrons. The molecule has 1 aliphatic heterocycles. The average Bonchev–Trinajstić information content (AvgIpc) is 3.79. The Morgan fingerprint density at radius 3 is 2.42 bits per heavy atom. The predicted octanol–water partition coefficient (Wildman–Crippen LogP) is 4.41. The Balaban J connectivity index is 1.26. The summed E-state index contributed by atoms with van der Waals surface area (Å²) in [6, 6.07) is 4.17. The zero-order chi connectivity index (χ0) is 26.9. The van der Waals surface area contributed by atoms with E-state index in [9.17, 15) is 32.7 Å². The van der Waals surface area contributed by atoms with Gasteiger partial charge in [0.15, 0.2) is 0 Å². The summed E-state index contributed by atoms with van der Waals surface area (Å²) >= 11 is 0. The monoisotopic (exact) mass is 530 g/mol. The molecule has 2 amide bonds. The van der Waals surface area contributed by atoms with Crippen LogP contribution in [0.3, 0.4) is 0 Å². The topological polar surface area (TPSA) is 104 Å². The third kappa shape index (κ3) is 4.41. The minimum atomic E-state index is -2.98. The van der Waals surface area contributed by atoms with Crippen molar-refractivity contribution < 1.29 is 27.9 Å². The molecule has 3 saturated carbocycles. The number of piperidine rings is 1. The first-order chi connectivity index (χ1) is 18.1. The fraction of sp³-hybridized carbons (Fsp3) is 0.519. The van der Waals surface area contributed by atoms with Crippen molar-refractivity contribution in [1.29, 1.82) is 0 Å². The van der Waals surface area contributed by atoms with Gasteiger partial charge in [-0.25, -0.2) is 18.0 Å². The van der Waals surface area contributed by atoms with Gasteiger partial charge in [0.2, 0.25) is 0 Å². The van der Waals surface area contributed by atoms with E-state index in [-0.39, 0.29) is 40.6 Å². The van der Waals surface area contributed by atoms with Gasteiger partial charge < -0.3 is 25.2 Å². The van der Waals surface area contributed by atoms with Crippen molar-refractivity contribution in [2.24, 2.45) is 23.7 Å². The molecule has 4 aliphatic rings. The van der Waals surface area contributed by atoms with E-state index >= 15 is 0 Å². The molecule has 6 atom stereocenters. The molecule has 4 fully saturated rings. The first-order valence-corrected chi connectivity index (χ1v) is 13.0. The number of benzene rings is 1. The van der Waals surface area contributed by atoms with Gasteiger partial charge in [-0.2, -0.15) is 0 Å². The summed E-state index contributed by atoms with van der Waals surface area (Å²) in [5.74, 6) is -0.378. The Labute approximate surface area is 216 Å². The van der Waals surface area contributed by atoms with Gasteiger partial charge in [-0.3, -0.25) is 9.59 Å². The van der Waals surface area contributed by atoms with Crippen molar-refractivity contribution in [3.05, 3.63) is 63.3 Å². The molecule has 1 saturated heterocycles. The second-order valence-corrected chi connectivity index (χ2v) is 11.1. The van der Waals surface area contributed by atoms with Gasteiger partial charge in [0.1, 0.15) is 5.82 Å². The van der Waals surface area contributed by atoms with Crippen molar-refractivity contribution in [2.75, 3.05) is 18.4 Å². The maximum atomic E-state index is 14.7. The number of likely N-dealkylation sites (tertiary alicyclic amines) is 1. The molecule has 3 aliphatic carbocycles. The lowest BCUT2D eigenvalue weighted by Gasteiger charge is -2.21. The highest BCUT2D eigenvalue weighted by atomic mass is 19.3. The number of pyridine rings is 1.